The van der Waals surface area contributed by atoms with Crippen LogP contribution in [0.15, 0.2) is 0 Å². The average molecular weight is 273 g/mol. The van der Waals surface area contributed by atoms with Crippen molar-refractivity contribution in [2.24, 2.45) is 11.7 Å². The number of nitrogens with two attached hydrogens (primary N) is 1. The van der Waals surface area contributed by atoms with Crippen LogP contribution in [0.3, 0.4) is 0 Å². The van der Waals surface area contributed by atoms with E-state index in [4.69, 9.17) is 10.5 Å². The van der Waals surface area contributed by atoms with Crippen molar-refractivity contribution in [3.05, 3.63) is 0 Å². The number of nitrogens with one attached hydrogen (secondary N) is 1. The van der Waals surface area contributed by atoms with Crippen molar-refractivity contribution in [1.29, 1.82) is 0 Å². The zero-order valence-electron chi connectivity index (χ0n) is 12.9. The SMILES string of the molecule is CCCNC(CCN(CCOC)CC(C)C)C(N)=O. The maximum absolute atomic E-state index is 11.4. The molecule has 3 N–H and O–H groups in total. The van der Waals surface area contributed by atoms with E-state index in [0.29, 0.717) is 5.92 Å². The van der Waals surface area contributed by atoms with Crippen molar-refractivity contribution in [2.75, 3.05) is 39.9 Å². The Morgan fingerprint density at radius 1 is 1.37 bits per heavy atom. The number of hydrogen-bond donors (Lipinski definition) is 2. The lowest BCUT2D eigenvalue weighted by atomic mass is 10.1. The summed E-state index contributed by atoms with van der Waals surface area (Å²) >= 11 is 0. The van der Waals surface area contributed by atoms with Crippen molar-refractivity contribution in [1.82, 2.24) is 10.2 Å². The van der Waals surface area contributed by atoms with Crippen LogP contribution < -0.4 is 11.1 Å². The Morgan fingerprint density at radius 3 is 2.53 bits per heavy atom. The lowest BCUT2D eigenvalue weighted by molar-refractivity contribution is -0.120. The van der Waals surface area contributed by atoms with Gasteiger partial charge in [-0.15, -0.1) is 0 Å². The molecule has 5 nitrogen and oxygen atoms in total. The predicted octanol–water partition coefficient (Wildman–Crippen LogP) is 0.834. The molecule has 1 unspecified atom stereocenters. The van der Waals surface area contributed by atoms with Crippen LogP contribution in [-0.4, -0.2) is 56.7 Å². The smallest absolute Gasteiger partial charge is 0.234 e. The number of carbonyl (C=O) groups is 1. The fraction of sp³-hybridized carbons (Fsp3) is 0.929. The Bertz CT molecular complexity index is 235. The minimum absolute atomic E-state index is 0.225. The Labute approximate surface area is 117 Å². The Hall–Kier alpha value is -0.650. The molecule has 0 aliphatic carbocycles. The summed E-state index contributed by atoms with van der Waals surface area (Å²) in [7, 11) is 1.71. The van der Waals surface area contributed by atoms with E-state index in [-0.39, 0.29) is 11.9 Å². The molecule has 114 valence electrons. The van der Waals surface area contributed by atoms with E-state index in [1.165, 1.54) is 0 Å². The van der Waals surface area contributed by atoms with E-state index in [1.807, 2.05) is 0 Å². The Balaban J connectivity index is 4.18. The summed E-state index contributed by atoms with van der Waals surface area (Å²) in [5.74, 6) is 0.345. The molecule has 0 saturated carbocycles. The summed E-state index contributed by atoms with van der Waals surface area (Å²) in [6, 6.07) is -0.225. The van der Waals surface area contributed by atoms with Crippen molar-refractivity contribution in [2.45, 2.75) is 39.7 Å². The number of hydrogen-bond acceptors (Lipinski definition) is 4. The van der Waals surface area contributed by atoms with Crippen molar-refractivity contribution in [3.63, 3.8) is 0 Å². The topological polar surface area (TPSA) is 67.6 Å². The van der Waals surface area contributed by atoms with Gasteiger partial charge in [-0.25, -0.2) is 0 Å². The third kappa shape index (κ3) is 9.87. The van der Waals surface area contributed by atoms with Crippen molar-refractivity contribution in [3.8, 4) is 0 Å². The van der Waals surface area contributed by atoms with Crippen LogP contribution in [0.5, 0.6) is 0 Å². The first-order chi connectivity index (χ1) is 9.01. The molecule has 0 heterocycles. The summed E-state index contributed by atoms with van der Waals surface area (Å²) in [5, 5.41) is 3.20. The van der Waals surface area contributed by atoms with Gasteiger partial charge in [0, 0.05) is 26.7 Å². The molecule has 0 spiro atoms. The van der Waals surface area contributed by atoms with Crippen LogP contribution >= 0.6 is 0 Å². The number of nitrogens with zero attached hydrogens (tertiary/aromatic N) is 1. The zero-order valence-corrected chi connectivity index (χ0v) is 12.9. The van der Waals surface area contributed by atoms with Crippen molar-refractivity contribution >= 4 is 5.91 Å². The van der Waals surface area contributed by atoms with E-state index in [0.717, 1.165) is 45.6 Å². The summed E-state index contributed by atoms with van der Waals surface area (Å²) in [6.45, 7) is 10.8. The van der Waals surface area contributed by atoms with Gasteiger partial charge in [-0.3, -0.25) is 4.79 Å². The average Bonchev–Trinajstić information content (AvgIpc) is 2.34. The molecule has 5 heteroatoms. The van der Waals surface area contributed by atoms with Gasteiger partial charge in [-0.05, 0) is 25.3 Å². The van der Waals surface area contributed by atoms with Crippen LogP contribution in [0.25, 0.3) is 0 Å². The fourth-order valence-electron chi connectivity index (χ4n) is 2.01. The maximum Gasteiger partial charge on any atom is 0.234 e. The van der Waals surface area contributed by atoms with E-state index >= 15 is 0 Å². The second-order valence-corrected chi connectivity index (χ2v) is 5.39. The van der Waals surface area contributed by atoms with Gasteiger partial charge in [0.15, 0.2) is 0 Å². The molecular formula is C14H31N3O2. The first kappa shape index (κ1) is 18.4. The molecular weight excluding hydrogens is 242 g/mol. The number of amides is 1. The van der Waals surface area contributed by atoms with Crippen LogP contribution in [0.4, 0.5) is 0 Å². The minimum Gasteiger partial charge on any atom is -0.383 e. The highest BCUT2D eigenvalue weighted by Gasteiger charge is 2.16. The van der Waals surface area contributed by atoms with Crippen LogP contribution in [0.1, 0.15) is 33.6 Å². The maximum atomic E-state index is 11.4. The van der Waals surface area contributed by atoms with E-state index in [2.05, 4.69) is 31.0 Å². The molecule has 0 aliphatic rings. The Kier molecular flexibility index (Phi) is 10.8. The van der Waals surface area contributed by atoms with Crippen LogP contribution in [0, 0.1) is 5.92 Å². The number of ether oxygens (including phenoxy) is 1. The summed E-state index contributed by atoms with van der Waals surface area (Å²) in [6.07, 6.45) is 1.76. The van der Waals surface area contributed by atoms with Gasteiger partial charge >= 0.3 is 0 Å². The van der Waals surface area contributed by atoms with Gasteiger partial charge in [0.1, 0.15) is 0 Å². The molecule has 0 aliphatic heterocycles. The molecule has 0 bridgehead atoms. The highest BCUT2D eigenvalue weighted by atomic mass is 16.5. The molecule has 0 aromatic heterocycles. The van der Waals surface area contributed by atoms with Gasteiger partial charge < -0.3 is 20.7 Å². The quantitative estimate of drug-likeness (QED) is 0.553. The molecule has 0 rings (SSSR count). The standard InChI is InChI=1S/C14H31N3O2/c1-5-7-16-13(14(15)18)6-8-17(9-10-19-4)11-12(2)3/h12-13,16H,5-11H2,1-4H3,(H2,15,18). The van der Waals surface area contributed by atoms with Gasteiger partial charge in [-0.2, -0.15) is 0 Å². The number of methoxy groups -OCH3 is 1. The summed E-state index contributed by atoms with van der Waals surface area (Å²) in [4.78, 5) is 13.7. The van der Waals surface area contributed by atoms with Gasteiger partial charge in [0.2, 0.25) is 5.91 Å². The first-order valence-corrected chi connectivity index (χ1v) is 7.25. The highest BCUT2D eigenvalue weighted by molar-refractivity contribution is 5.79. The second kappa shape index (κ2) is 11.2. The molecule has 0 aromatic carbocycles. The van der Waals surface area contributed by atoms with E-state index < -0.39 is 0 Å². The number of carbonyl (C=O) groups excluding carboxylic acids is 1. The van der Waals surface area contributed by atoms with Gasteiger partial charge in [0.25, 0.3) is 0 Å². The third-order valence-corrected chi connectivity index (χ3v) is 2.95. The molecule has 0 radical (unpaired) electrons. The predicted molar refractivity (Wildman–Crippen MR) is 79.0 cm³/mol. The normalized spacial score (nSPS) is 13.2. The van der Waals surface area contributed by atoms with Gasteiger partial charge in [-0.1, -0.05) is 20.8 Å². The molecule has 0 saturated heterocycles. The third-order valence-electron chi connectivity index (χ3n) is 2.95. The first-order valence-electron chi connectivity index (χ1n) is 7.25. The second-order valence-electron chi connectivity index (χ2n) is 5.39. The number of rotatable bonds is 12. The highest BCUT2D eigenvalue weighted by Crippen LogP contribution is 2.02. The van der Waals surface area contributed by atoms with E-state index in [9.17, 15) is 4.79 Å². The fourth-order valence-corrected chi connectivity index (χ4v) is 2.01. The largest absolute Gasteiger partial charge is 0.383 e. The number of primary amides is 1. The summed E-state index contributed by atoms with van der Waals surface area (Å²) < 4.78 is 5.12. The van der Waals surface area contributed by atoms with Crippen LogP contribution in [0.2, 0.25) is 0 Å². The lowest BCUT2D eigenvalue weighted by Gasteiger charge is -2.25. The molecule has 1 atom stereocenters. The lowest BCUT2D eigenvalue weighted by Crippen LogP contribution is -2.44. The van der Waals surface area contributed by atoms with Crippen molar-refractivity contribution < 1.29 is 9.53 Å². The van der Waals surface area contributed by atoms with Gasteiger partial charge in [0.05, 0.1) is 12.6 Å². The molecule has 0 fully saturated rings. The monoisotopic (exact) mass is 273 g/mol. The van der Waals surface area contributed by atoms with E-state index in [1.54, 1.807) is 7.11 Å². The molecule has 19 heavy (non-hydrogen) atoms. The minimum atomic E-state index is -0.260. The Morgan fingerprint density at radius 2 is 2.05 bits per heavy atom. The summed E-state index contributed by atoms with van der Waals surface area (Å²) in [5.41, 5.74) is 5.42. The van der Waals surface area contributed by atoms with Crippen LogP contribution in [-0.2, 0) is 9.53 Å². The zero-order chi connectivity index (χ0) is 14.7. The molecule has 1 amide bonds. The molecule has 0 aromatic rings.